The first-order valence-corrected chi connectivity index (χ1v) is 11.3. The number of ether oxygens (including phenoxy) is 1. The van der Waals surface area contributed by atoms with Gasteiger partial charge in [0.1, 0.15) is 11.6 Å². The highest BCUT2D eigenvalue weighted by molar-refractivity contribution is 7.81. The van der Waals surface area contributed by atoms with E-state index < -0.39 is 28.3 Å². The van der Waals surface area contributed by atoms with Crippen molar-refractivity contribution in [1.29, 1.82) is 0 Å². The lowest BCUT2D eigenvalue weighted by Gasteiger charge is -2.15. The summed E-state index contributed by atoms with van der Waals surface area (Å²) >= 11 is 4.35. The number of carbonyl (C=O) groups excluding carboxylic acids is 4. The summed E-state index contributed by atoms with van der Waals surface area (Å²) < 4.78 is 19.9. The van der Waals surface area contributed by atoms with Gasteiger partial charge in [-0.05, 0) is 30.9 Å². The molecule has 8 nitrogen and oxygen atoms in total. The van der Waals surface area contributed by atoms with E-state index in [2.05, 4.69) is 17.6 Å². The van der Waals surface area contributed by atoms with Crippen molar-refractivity contribution >= 4 is 41.9 Å². The maximum absolute atomic E-state index is 14.7. The van der Waals surface area contributed by atoms with Crippen molar-refractivity contribution in [3.05, 3.63) is 29.1 Å². The van der Waals surface area contributed by atoms with Gasteiger partial charge in [0.15, 0.2) is 5.78 Å². The van der Waals surface area contributed by atoms with Crippen LogP contribution in [0.15, 0.2) is 17.1 Å². The monoisotopic (exact) mass is 478 g/mol. The van der Waals surface area contributed by atoms with Crippen LogP contribution in [0.3, 0.4) is 0 Å². The van der Waals surface area contributed by atoms with Crippen molar-refractivity contribution in [2.24, 2.45) is 4.99 Å². The molecule has 1 saturated heterocycles. The second-order valence-electron chi connectivity index (χ2n) is 8.73. The first-order valence-electron chi connectivity index (χ1n) is 10.8. The molecular formula is C23H27FN2O6S. The number of aryl methyl sites for hydroxylation is 1. The Hall–Kier alpha value is -2.75. The number of carbonyl (C=O) groups is 4. The summed E-state index contributed by atoms with van der Waals surface area (Å²) in [4.78, 5) is 55.9. The van der Waals surface area contributed by atoms with Gasteiger partial charge in [-0.25, -0.2) is 9.18 Å². The van der Waals surface area contributed by atoms with E-state index in [1.807, 2.05) is 13.8 Å². The van der Waals surface area contributed by atoms with Crippen molar-refractivity contribution < 1.29 is 33.1 Å². The molecule has 1 aromatic rings. The Balaban J connectivity index is 1.50. The zero-order valence-corrected chi connectivity index (χ0v) is 19.6. The Morgan fingerprint density at radius 1 is 1.15 bits per heavy atom. The minimum absolute atomic E-state index is 0.00117. The lowest BCUT2D eigenvalue weighted by molar-refractivity contribution is -0.197. The highest BCUT2D eigenvalue weighted by atomic mass is 32.1. The smallest absolute Gasteiger partial charge is 0.333 e. The number of fused-ring (bicyclic) bond motifs is 1. The largest absolute Gasteiger partial charge is 0.493 e. The average Bonchev–Trinajstić information content (AvgIpc) is 3.27. The molecule has 0 atom stereocenters. The second kappa shape index (κ2) is 10.5. The van der Waals surface area contributed by atoms with Crippen molar-refractivity contribution in [3.8, 4) is 5.75 Å². The fraction of sp³-hybridized carbons (Fsp3) is 0.522. The summed E-state index contributed by atoms with van der Waals surface area (Å²) in [6, 6.07) is 3.00. The van der Waals surface area contributed by atoms with Crippen LogP contribution in [0.1, 0.15) is 63.5 Å². The minimum Gasteiger partial charge on any atom is -0.493 e. The number of hydroxylamine groups is 2. The Morgan fingerprint density at radius 3 is 2.52 bits per heavy atom. The molecule has 0 N–H and O–H groups in total. The number of ketones is 1. The van der Waals surface area contributed by atoms with Gasteiger partial charge >= 0.3 is 5.97 Å². The normalized spacial score (nSPS) is 17.0. The summed E-state index contributed by atoms with van der Waals surface area (Å²) in [5.74, 6) is -1.95. The minimum atomic E-state index is -0.709. The molecule has 3 rings (SSSR count). The predicted octanol–water partition coefficient (Wildman–Crippen LogP) is 2.99. The van der Waals surface area contributed by atoms with Crippen molar-refractivity contribution in [2.75, 3.05) is 13.2 Å². The third-order valence-electron chi connectivity index (χ3n) is 5.13. The van der Waals surface area contributed by atoms with E-state index >= 15 is 0 Å². The fourth-order valence-corrected chi connectivity index (χ4v) is 3.89. The molecule has 1 aliphatic heterocycles. The maximum Gasteiger partial charge on any atom is 0.333 e. The maximum atomic E-state index is 14.7. The molecule has 1 heterocycles. The summed E-state index contributed by atoms with van der Waals surface area (Å²) in [5, 5.41) is 0.505. The van der Waals surface area contributed by atoms with Gasteiger partial charge in [0.2, 0.25) is 0 Å². The molecule has 0 unspecified atom stereocenters. The Kier molecular flexibility index (Phi) is 7.88. The van der Waals surface area contributed by atoms with Gasteiger partial charge in [0.25, 0.3) is 11.8 Å². The molecular weight excluding hydrogens is 451 g/mol. The van der Waals surface area contributed by atoms with Gasteiger partial charge in [0.05, 0.1) is 19.6 Å². The zero-order valence-electron chi connectivity index (χ0n) is 18.7. The van der Waals surface area contributed by atoms with Gasteiger partial charge in [-0.15, -0.1) is 5.06 Å². The number of thiol groups is 1. The molecule has 2 aliphatic rings. The molecule has 0 radical (unpaired) electrons. The number of hydrogen-bond acceptors (Lipinski definition) is 8. The van der Waals surface area contributed by atoms with E-state index in [-0.39, 0.29) is 51.0 Å². The molecule has 178 valence electrons. The fourth-order valence-electron chi connectivity index (χ4n) is 3.71. The van der Waals surface area contributed by atoms with Crippen LogP contribution in [-0.4, -0.2) is 52.2 Å². The van der Waals surface area contributed by atoms with E-state index in [0.29, 0.717) is 34.9 Å². The van der Waals surface area contributed by atoms with Crippen LogP contribution in [-0.2, 0) is 30.4 Å². The van der Waals surface area contributed by atoms with E-state index in [1.165, 1.54) is 6.07 Å². The topological polar surface area (TPSA) is 102 Å². The number of rotatable bonds is 10. The summed E-state index contributed by atoms with van der Waals surface area (Å²) in [5.41, 5.74) is 1.76. The third-order valence-corrected chi connectivity index (χ3v) is 5.29. The molecule has 0 saturated carbocycles. The molecule has 2 amide bonds. The molecule has 33 heavy (non-hydrogen) atoms. The highest BCUT2D eigenvalue weighted by Crippen LogP contribution is 2.30. The standard InChI is InChI=1S/C23H27FN2O6S/c1-23(2,33)12-15(27)13-25-18-6-5-14-10-16(11-17(24)22(14)18)31-9-3-4-21(30)32-26-19(28)7-8-20(26)29/h10-11,33H,3-9,12-13H2,1-2H3. The molecule has 10 heteroatoms. The van der Waals surface area contributed by atoms with Gasteiger partial charge in [0, 0.05) is 41.4 Å². The van der Waals surface area contributed by atoms with Gasteiger partial charge in [-0.2, -0.15) is 12.6 Å². The van der Waals surface area contributed by atoms with Gasteiger partial charge < -0.3 is 9.57 Å². The number of halogens is 1. The van der Waals surface area contributed by atoms with E-state index in [4.69, 9.17) is 9.57 Å². The molecule has 1 aromatic carbocycles. The van der Waals surface area contributed by atoms with Crippen LogP contribution < -0.4 is 4.74 Å². The number of nitrogens with zero attached hydrogens (tertiary/aromatic N) is 2. The predicted molar refractivity (Wildman–Crippen MR) is 121 cm³/mol. The van der Waals surface area contributed by atoms with Crippen LogP contribution in [0.4, 0.5) is 4.39 Å². The first kappa shape index (κ1) is 24.9. The Morgan fingerprint density at radius 2 is 1.85 bits per heavy atom. The average molecular weight is 479 g/mol. The molecule has 0 aromatic heterocycles. The number of amides is 2. The number of imide groups is 1. The first-order chi connectivity index (χ1) is 15.5. The summed E-state index contributed by atoms with van der Waals surface area (Å²) in [6.07, 6.45) is 1.72. The second-order valence-corrected chi connectivity index (χ2v) is 9.94. The van der Waals surface area contributed by atoms with Crippen molar-refractivity contribution in [3.63, 3.8) is 0 Å². The van der Waals surface area contributed by atoms with Crippen LogP contribution in [0.25, 0.3) is 0 Å². The Bertz CT molecular complexity index is 985. The van der Waals surface area contributed by atoms with Gasteiger partial charge in [-0.3, -0.25) is 19.4 Å². The molecule has 0 bridgehead atoms. The number of benzene rings is 1. The van der Waals surface area contributed by atoms with Crippen LogP contribution >= 0.6 is 12.6 Å². The quantitative estimate of drug-likeness (QED) is 0.315. The van der Waals surface area contributed by atoms with Crippen LogP contribution in [0.5, 0.6) is 5.75 Å². The number of hydrogen-bond donors (Lipinski definition) is 1. The zero-order chi connectivity index (χ0) is 24.2. The van der Waals surface area contributed by atoms with Crippen molar-refractivity contribution in [1.82, 2.24) is 5.06 Å². The van der Waals surface area contributed by atoms with Crippen molar-refractivity contribution in [2.45, 2.75) is 63.5 Å². The van der Waals surface area contributed by atoms with Crippen LogP contribution in [0, 0.1) is 5.82 Å². The van der Waals surface area contributed by atoms with E-state index in [1.54, 1.807) is 6.07 Å². The molecule has 1 aliphatic carbocycles. The molecule has 1 fully saturated rings. The highest BCUT2D eigenvalue weighted by Gasteiger charge is 2.32. The van der Waals surface area contributed by atoms with E-state index in [9.17, 15) is 23.6 Å². The number of Topliss-reactive ketones (excluding diaryl/α,β-unsaturated/α-hetero) is 1. The Labute approximate surface area is 196 Å². The van der Waals surface area contributed by atoms with E-state index in [0.717, 1.165) is 5.56 Å². The third kappa shape index (κ3) is 6.86. The lowest BCUT2D eigenvalue weighted by Crippen LogP contribution is -2.32. The molecule has 0 spiro atoms. The SMILES string of the molecule is CC(C)(S)CC(=O)CN=C1CCc2cc(OCCCC(=O)ON3C(=O)CCC3=O)cc(F)c21. The lowest BCUT2D eigenvalue weighted by atomic mass is 10.1. The number of aliphatic imine (C=N–C) groups is 1. The summed E-state index contributed by atoms with van der Waals surface area (Å²) in [6.45, 7) is 3.84. The van der Waals surface area contributed by atoms with Gasteiger partial charge in [-0.1, -0.05) is 13.8 Å². The summed E-state index contributed by atoms with van der Waals surface area (Å²) in [7, 11) is 0. The van der Waals surface area contributed by atoms with Crippen LogP contribution in [0.2, 0.25) is 0 Å².